The lowest BCUT2D eigenvalue weighted by molar-refractivity contribution is -0.393. The lowest BCUT2D eigenvalue weighted by atomic mass is 10.2. The lowest BCUT2D eigenvalue weighted by Crippen LogP contribution is -1.99. The molecule has 0 unspecified atom stereocenters. The molecule has 0 amide bonds. The molecule has 1 aromatic carbocycles. The number of anilines is 1. The first-order valence-corrected chi connectivity index (χ1v) is 4.61. The zero-order chi connectivity index (χ0) is 13.0. The summed E-state index contributed by atoms with van der Waals surface area (Å²) in [6.07, 6.45) is 0. The summed E-state index contributed by atoms with van der Waals surface area (Å²) in [6.45, 7) is 3.43. The molecular weight excluding hydrogens is 231 g/mol. The fourth-order valence-electron chi connectivity index (χ4n) is 1.05. The molecule has 90 valence electrons. The van der Waals surface area contributed by atoms with Crippen LogP contribution in [0, 0.1) is 20.2 Å². The van der Waals surface area contributed by atoms with Crippen molar-refractivity contribution < 1.29 is 9.85 Å². The van der Waals surface area contributed by atoms with Gasteiger partial charge in [-0.05, 0) is 19.9 Å². The molecule has 0 aromatic heterocycles. The molecule has 0 saturated carbocycles. The summed E-state index contributed by atoms with van der Waals surface area (Å²) in [4.78, 5) is 19.8. The lowest BCUT2D eigenvalue weighted by Gasteiger charge is -2.02. The van der Waals surface area contributed by atoms with Crippen molar-refractivity contribution in [3.63, 3.8) is 0 Å². The number of hydrazone groups is 1. The molecule has 0 aliphatic rings. The van der Waals surface area contributed by atoms with Gasteiger partial charge in [-0.25, -0.2) is 0 Å². The summed E-state index contributed by atoms with van der Waals surface area (Å²) in [5.74, 6) is 0. The topological polar surface area (TPSA) is 111 Å². The van der Waals surface area contributed by atoms with Crippen molar-refractivity contribution in [2.75, 3.05) is 5.43 Å². The van der Waals surface area contributed by atoms with Gasteiger partial charge >= 0.3 is 5.69 Å². The molecule has 17 heavy (non-hydrogen) atoms. The zero-order valence-corrected chi connectivity index (χ0v) is 9.21. The second kappa shape index (κ2) is 5.01. The first kappa shape index (κ1) is 12.6. The summed E-state index contributed by atoms with van der Waals surface area (Å²) in [5.41, 5.74) is 2.56. The van der Waals surface area contributed by atoms with Crippen LogP contribution in [0.5, 0.6) is 0 Å². The maximum atomic E-state index is 10.7. The first-order chi connectivity index (χ1) is 7.91. The van der Waals surface area contributed by atoms with Gasteiger partial charge in [0.15, 0.2) is 0 Å². The highest BCUT2D eigenvalue weighted by atomic mass is 16.6. The standard InChI is InChI=1S/C9H10N4O4/c1-6(2)10-11-8-4-3-7(12(14)15)5-9(8)13(16)17/h3-5,11H,1-2H3/i1+1,2+1,6+1. The third-order valence-electron chi connectivity index (χ3n) is 1.79. The average molecular weight is 241 g/mol. The Hall–Kier alpha value is -2.51. The molecule has 1 N–H and O–H groups in total. The summed E-state index contributed by atoms with van der Waals surface area (Å²) in [6, 6.07) is 3.32. The van der Waals surface area contributed by atoms with Gasteiger partial charge in [-0.3, -0.25) is 25.7 Å². The molecule has 0 radical (unpaired) electrons. The highest BCUT2D eigenvalue weighted by molar-refractivity contribution is 5.80. The van der Waals surface area contributed by atoms with Gasteiger partial charge < -0.3 is 0 Å². The minimum absolute atomic E-state index is 0.113. The Morgan fingerprint density at radius 1 is 1.24 bits per heavy atom. The summed E-state index contributed by atoms with van der Waals surface area (Å²) in [7, 11) is 0. The molecule has 0 saturated heterocycles. The van der Waals surface area contributed by atoms with Gasteiger partial charge in [-0.2, -0.15) is 5.10 Å². The van der Waals surface area contributed by atoms with E-state index in [0.717, 1.165) is 6.07 Å². The Morgan fingerprint density at radius 2 is 1.88 bits per heavy atom. The summed E-state index contributed by atoms with van der Waals surface area (Å²) in [5, 5.41) is 25.0. The molecule has 0 bridgehead atoms. The van der Waals surface area contributed by atoms with Gasteiger partial charge in [0.25, 0.3) is 5.69 Å². The molecule has 0 heterocycles. The van der Waals surface area contributed by atoms with Crippen LogP contribution < -0.4 is 5.43 Å². The minimum Gasteiger partial charge on any atom is -0.272 e. The van der Waals surface area contributed by atoms with Crippen molar-refractivity contribution in [2.24, 2.45) is 5.10 Å². The van der Waals surface area contributed by atoms with Crippen molar-refractivity contribution in [2.45, 2.75) is 13.8 Å². The molecule has 0 fully saturated rings. The van der Waals surface area contributed by atoms with E-state index in [1.807, 2.05) is 0 Å². The van der Waals surface area contributed by atoms with Crippen molar-refractivity contribution >= 4 is 22.8 Å². The van der Waals surface area contributed by atoms with Crippen LogP contribution in [0.4, 0.5) is 17.1 Å². The Morgan fingerprint density at radius 3 is 2.35 bits per heavy atom. The van der Waals surface area contributed by atoms with Crippen LogP contribution in [-0.4, -0.2) is 15.6 Å². The van der Waals surface area contributed by atoms with E-state index in [1.54, 1.807) is 13.8 Å². The highest BCUT2D eigenvalue weighted by Crippen LogP contribution is 2.28. The van der Waals surface area contributed by atoms with Crippen molar-refractivity contribution in [3.8, 4) is 0 Å². The Labute approximate surface area is 96.2 Å². The fourth-order valence-corrected chi connectivity index (χ4v) is 1.05. The van der Waals surface area contributed by atoms with Crippen LogP contribution in [-0.2, 0) is 0 Å². The molecule has 0 atom stereocenters. The van der Waals surface area contributed by atoms with E-state index in [0.29, 0.717) is 5.71 Å². The number of benzene rings is 1. The van der Waals surface area contributed by atoms with Crippen molar-refractivity contribution in [1.82, 2.24) is 0 Å². The summed E-state index contributed by atoms with van der Waals surface area (Å²) < 4.78 is 0. The van der Waals surface area contributed by atoms with Crippen LogP contribution in [0.1, 0.15) is 13.8 Å². The van der Waals surface area contributed by atoms with E-state index in [-0.39, 0.29) is 17.1 Å². The van der Waals surface area contributed by atoms with E-state index in [9.17, 15) is 20.2 Å². The van der Waals surface area contributed by atoms with E-state index in [2.05, 4.69) is 10.5 Å². The van der Waals surface area contributed by atoms with Crippen LogP contribution in [0.3, 0.4) is 0 Å². The number of nitrogens with zero attached hydrogens (tertiary/aromatic N) is 3. The van der Waals surface area contributed by atoms with Crippen molar-refractivity contribution in [3.05, 3.63) is 38.4 Å². The number of nitro groups is 2. The molecule has 0 spiro atoms. The molecule has 0 aliphatic carbocycles. The average Bonchev–Trinajstić information content (AvgIpc) is 2.25. The number of hydrogen-bond acceptors (Lipinski definition) is 6. The third-order valence-corrected chi connectivity index (χ3v) is 1.79. The van der Waals surface area contributed by atoms with Gasteiger partial charge in [0.05, 0.1) is 15.9 Å². The van der Waals surface area contributed by atoms with Gasteiger partial charge in [0.2, 0.25) is 0 Å². The summed E-state index contributed by atoms with van der Waals surface area (Å²) >= 11 is 0. The third kappa shape index (κ3) is 3.23. The van der Waals surface area contributed by atoms with E-state index in [1.165, 1.54) is 12.1 Å². The van der Waals surface area contributed by atoms with E-state index < -0.39 is 9.85 Å². The Kier molecular flexibility index (Phi) is 3.70. The van der Waals surface area contributed by atoms with Crippen LogP contribution in [0.15, 0.2) is 23.3 Å². The quantitative estimate of drug-likeness (QED) is 0.376. The number of nitrogens with one attached hydrogen (secondary N) is 1. The molecule has 1 rings (SSSR count). The molecule has 8 heteroatoms. The predicted molar refractivity (Wildman–Crippen MR) is 62.2 cm³/mol. The largest absolute Gasteiger partial charge is 0.301 e. The predicted octanol–water partition coefficient (Wildman–Crippen LogP) is 2.31. The number of hydrogen-bond donors (Lipinski definition) is 1. The SMILES string of the molecule is [13CH3][13C]([13CH3])=NNc1ccc([N+](=O)[O-])cc1[N+](=O)[O-]. The van der Waals surface area contributed by atoms with Gasteiger partial charge in [0.1, 0.15) is 5.69 Å². The maximum absolute atomic E-state index is 10.7. The maximum Gasteiger partial charge on any atom is 0.301 e. The van der Waals surface area contributed by atoms with Gasteiger partial charge in [0, 0.05) is 11.8 Å². The van der Waals surface area contributed by atoms with E-state index in [4.69, 9.17) is 0 Å². The number of rotatable bonds is 4. The number of non-ortho nitro benzene ring substituents is 1. The molecule has 8 nitrogen and oxygen atoms in total. The monoisotopic (exact) mass is 241 g/mol. The van der Waals surface area contributed by atoms with Crippen LogP contribution in [0.2, 0.25) is 0 Å². The molecule has 0 aliphatic heterocycles. The minimum atomic E-state index is -0.699. The van der Waals surface area contributed by atoms with Crippen molar-refractivity contribution in [1.29, 1.82) is 0 Å². The van der Waals surface area contributed by atoms with Crippen LogP contribution >= 0.6 is 0 Å². The van der Waals surface area contributed by atoms with E-state index >= 15 is 0 Å². The molecule has 1 aromatic rings. The Bertz CT molecular complexity index is 494. The highest BCUT2D eigenvalue weighted by Gasteiger charge is 2.18. The zero-order valence-electron chi connectivity index (χ0n) is 9.21. The van der Waals surface area contributed by atoms with Gasteiger partial charge in [-0.15, -0.1) is 0 Å². The second-order valence-electron chi connectivity index (χ2n) is 3.39. The number of nitro benzene ring substituents is 2. The Balaban J connectivity index is 3.18. The first-order valence-electron chi connectivity index (χ1n) is 4.61. The van der Waals surface area contributed by atoms with Crippen LogP contribution in [0.25, 0.3) is 0 Å². The fraction of sp³-hybridized carbons (Fsp3) is 0.222. The normalized spacial score (nSPS) is 9.53. The second-order valence-corrected chi connectivity index (χ2v) is 3.39. The molecular formula is C9H10N4O4. The van der Waals surface area contributed by atoms with Gasteiger partial charge in [-0.1, -0.05) is 0 Å². The smallest absolute Gasteiger partial charge is 0.272 e.